The van der Waals surface area contributed by atoms with Gasteiger partial charge in [0, 0.05) is 47.4 Å². The van der Waals surface area contributed by atoms with Crippen molar-refractivity contribution in [1.82, 2.24) is 15.6 Å². The average molecular weight is 428 g/mol. The normalized spacial score (nSPS) is 12.5. The van der Waals surface area contributed by atoms with E-state index in [1.54, 1.807) is 11.3 Å². The summed E-state index contributed by atoms with van der Waals surface area (Å²) in [6, 6.07) is 12.3. The van der Waals surface area contributed by atoms with Crippen LogP contribution < -0.4 is 10.6 Å². The van der Waals surface area contributed by atoms with Gasteiger partial charge in [-0.05, 0) is 50.3 Å². The van der Waals surface area contributed by atoms with Crippen LogP contribution in [0.3, 0.4) is 0 Å². The SMILES string of the molecule is CC(C)(C)OC(=O)NCCCC(=O)NCC(c1cccs1)c1c[nH]c2ccccc12. The highest BCUT2D eigenvalue weighted by Gasteiger charge is 2.20. The lowest BCUT2D eigenvalue weighted by atomic mass is 9.96. The first-order valence-corrected chi connectivity index (χ1v) is 11.0. The minimum atomic E-state index is -0.527. The van der Waals surface area contributed by atoms with Gasteiger partial charge in [-0.2, -0.15) is 0 Å². The number of fused-ring (bicyclic) bond motifs is 1. The second kappa shape index (κ2) is 9.80. The maximum atomic E-state index is 12.4. The summed E-state index contributed by atoms with van der Waals surface area (Å²) < 4.78 is 5.19. The average Bonchev–Trinajstić information content (AvgIpc) is 3.35. The molecule has 2 amide bonds. The molecule has 0 saturated carbocycles. The monoisotopic (exact) mass is 427 g/mol. The van der Waals surface area contributed by atoms with Crippen LogP contribution in [0.2, 0.25) is 0 Å². The third-order valence-corrected chi connectivity index (χ3v) is 5.62. The molecule has 7 heteroatoms. The number of H-pyrrole nitrogens is 1. The summed E-state index contributed by atoms with van der Waals surface area (Å²) in [4.78, 5) is 28.6. The van der Waals surface area contributed by atoms with E-state index in [0.717, 1.165) is 5.52 Å². The summed E-state index contributed by atoms with van der Waals surface area (Å²) in [6.45, 7) is 6.38. The van der Waals surface area contributed by atoms with E-state index < -0.39 is 11.7 Å². The molecule has 3 aromatic rings. The molecule has 0 spiro atoms. The quantitative estimate of drug-likeness (QED) is 0.452. The Morgan fingerprint density at radius 2 is 1.93 bits per heavy atom. The number of aromatic amines is 1. The van der Waals surface area contributed by atoms with Crippen LogP contribution in [0.1, 0.15) is 50.0 Å². The molecule has 0 aliphatic heterocycles. The summed E-state index contributed by atoms with van der Waals surface area (Å²) >= 11 is 1.69. The van der Waals surface area contributed by atoms with Crippen molar-refractivity contribution < 1.29 is 14.3 Å². The first-order valence-electron chi connectivity index (χ1n) is 10.2. The molecule has 0 fully saturated rings. The Kier molecular flexibility index (Phi) is 7.15. The fourth-order valence-corrected chi connectivity index (χ4v) is 4.14. The molecular weight excluding hydrogens is 398 g/mol. The van der Waals surface area contributed by atoms with Crippen molar-refractivity contribution in [3.05, 3.63) is 58.4 Å². The van der Waals surface area contributed by atoms with Crippen molar-refractivity contribution >= 4 is 34.2 Å². The highest BCUT2D eigenvalue weighted by atomic mass is 32.1. The first-order chi connectivity index (χ1) is 14.3. The molecule has 0 bridgehead atoms. The van der Waals surface area contributed by atoms with E-state index >= 15 is 0 Å². The lowest BCUT2D eigenvalue weighted by Gasteiger charge is -2.19. The molecule has 160 valence electrons. The van der Waals surface area contributed by atoms with Crippen LogP contribution >= 0.6 is 11.3 Å². The minimum Gasteiger partial charge on any atom is -0.444 e. The van der Waals surface area contributed by atoms with Crippen LogP contribution in [0.5, 0.6) is 0 Å². The second-order valence-electron chi connectivity index (χ2n) is 8.19. The number of thiophene rings is 1. The summed E-state index contributed by atoms with van der Waals surface area (Å²) in [5, 5.41) is 8.97. The van der Waals surface area contributed by atoms with Gasteiger partial charge in [-0.3, -0.25) is 4.79 Å². The van der Waals surface area contributed by atoms with Gasteiger partial charge in [0.25, 0.3) is 0 Å². The van der Waals surface area contributed by atoms with E-state index in [-0.39, 0.29) is 11.8 Å². The summed E-state index contributed by atoms with van der Waals surface area (Å²) in [5.74, 6) is 0.0624. The van der Waals surface area contributed by atoms with Crippen LogP contribution in [0.25, 0.3) is 10.9 Å². The van der Waals surface area contributed by atoms with E-state index in [9.17, 15) is 9.59 Å². The first kappa shape index (κ1) is 21.9. The molecule has 2 aromatic heterocycles. The van der Waals surface area contributed by atoms with Crippen molar-refractivity contribution in [3.8, 4) is 0 Å². The summed E-state index contributed by atoms with van der Waals surface area (Å²) in [5.41, 5.74) is 1.74. The number of benzene rings is 1. The topological polar surface area (TPSA) is 83.2 Å². The van der Waals surface area contributed by atoms with Crippen molar-refractivity contribution in [3.63, 3.8) is 0 Å². The van der Waals surface area contributed by atoms with Gasteiger partial charge in [0.05, 0.1) is 0 Å². The number of amides is 2. The van der Waals surface area contributed by atoms with Crippen molar-refractivity contribution in [2.24, 2.45) is 0 Å². The molecule has 0 saturated heterocycles. The Bertz CT molecular complexity index is 973. The number of rotatable bonds is 8. The molecular formula is C23H29N3O3S. The molecule has 0 radical (unpaired) electrons. The highest BCUT2D eigenvalue weighted by molar-refractivity contribution is 7.10. The standard InChI is InChI=1S/C23H29N3O3S/c1-23(2,3)29-22(28)24-12-6-11-21(27)26-15-18(20-10-7-13-30-20)17-14-25-19-9-5-4-8-16(17)19/h4-5,7-10,13-14,18,25H,6,11-12,15H2,1-3H3,(H,24,28)(H,26,27). The van der Waals surface area contributed by atoms with Crippen molar-refractivity contribution in [1.29, 1.82) is 0 Å². The van der Waals surface area contributed by atoms with Crippen molar-refractivity contribution in [2.75, 3.05) is 13.1 Å². The minimum absolute atomic E-state index is 0.0256. The van der Waals surface area contributed by atoms with Gasteiger partial charge in [0.1, 0.15) is 5.60 Å². The van der Waals surface area contributed by atoms with E-state index in [1.807, 2.05) is 45.2 Å². The van der Waals surface area contributed by atoms with Crippen LogP contribution in [0.4, 0.5) is 4.79 Å². The fourth-order valence-electron chi connectivity index (χ4n) is 3.29. The molecule has 1 aromatic carbocycles. The number of para-hydroxylation sites is 1. The molecule has 1 unspecified atom stereocenters. The molecule has 6 nitrogen and oxygen atoms in total. The van der Waals surface area contributed by atoms with Crippen molar-refractivity contribution in [2.45, 2.75) is 45.1 Å². The Labute approximate surface area is 181 Å². The third kappa shape index (κ3) is 6.10. The lowest BCUT2D eigenvalue weighted by Crippen LogP contribution is -2.34. The number of nitrogens with one attached hydrogen (secondary N) is 3. The Hall–Kier alpha value is -2.80. The molecule has 0 aliphatic rings. The van der Waals surface area contributed by atoms with Gasteiger partial charge < -0.3 is 20.4 Å². The smallest absolute Gasteiger partial charge is 0.407 e. The Morgan fingerprint density at radius 3 is 2.67 bits per heavy atom. The second-order valence-corrected chi connectivity index (χ2v) is 9.17. The summed E-state index contributed by atoms with van der Waals surface area (Å²) in [6.07, 6.45) is 2.48. The number of carbonyl (C=O) groups is 2. The molecule has 3 rings (SSSR count). The zero-order valence-electron chi connectivity index (χ0n) is 17.7. The van der Waals surface area contributed by atoms with E-state index in [2.05, 4.69) is 39.2 Å². The number of hydrogen-bond donors (Lipinski definition) is 3. The predicted molar refractivity (Wildman–Crippen MR) is 121 cm³/mol. The maximum Gasteiger partial charge on any atom is 0.407 e. The molecule has 1 atom stereocenters. The van der Waals surface area contributed by atoms with Gasteiger partial charge in [0.2, 0.25) is 5.91 Å². The van der Waals surface area contributed by atoms with Crippen LogP contribution in [-0.2, 0) is 9.53 Å². The maximum absolute atomic E-state index is 12.4. The fraction of sp³-hybridized carbons (Fsp3) is 0.391. The van der Waals surface area contributed by atoms with Gasteiger partial charge in [0.15, 0.2) is 0 Å². The largest absolute Gasteiger partial charge is 0.444 e. The molecule has 3 N–H and O–H groups in total. The zero-order chi connectivity index (χ0) is 21.6. The number of aromatic nitrogens is 1. The van der Waals surface area contributed by atoms with E-state index in [1.165, 1.54) is 15.8 Å². The summed E-state index contributed by atoms with van der Waals surface area (Å²) in [7, 11) is 0. The van der Waals surface area contributed by atoms with Crippen LogP contribution in [0, 0.1) is 0 Å². The predicted octanol–water partition coefficient (Wildman–Crippen LogP) is 4.78. The van der Waals surface area contributed by atoms with Crippen LogP contribution in [0.15, 0.2) is 48.0 Å². The Balaban J connectivity index is 1.53. The zero-order valence-corrected chi connectivity index (χ0v) is 18.5. The number of ether oxygens (including phenoxy) is 1. The highest BCUT2D eigenvalue weighted by Crippen LogP contribution is 2.32. The Morgan fingerprint density at radius 1 is 1.13 bits per heavy atom. The van der Waals surface area contributed by atoms with E-state index in [0.29, 0.717) is 25.9 Å². The molecule has 2 heterocycles. The van der Waals surface area contributed by atoms with Gasteiger partial charge in [-0.15, -0.1) is 11.3 Å². The van der Waals surface area contributed by atoms with Gasteiger partial charge in [-0.1, -0.05) is 24.3 Å². The van der Waals surface area contributed by atoms with Gasteiger partial charge >= 0.3 is 6.09 Å². The number of hydrogen-bond acceptors (Lipinski definition) is 4. The molecule has 30 heavy (non-hydrogen) atoms. The molecule has 0 aliphatic carbocycles. The lowest BCUT2D eigenvalue weighted by molar-refractivity contribution is -0.121. The van der Waals surface area contributed by atoms with Crippen LogP contribution in [-0.4, -0.2) is 35.7 Å². The number of alkyl carbamates (subject to hydrolysis) is 1. The number of carbonyl (C=O) groups excluding carboxylic acids is 2. The van der Waals surface area contributed by atoms with E-state index in [4.69, 9.17) is 4.74 Å². The van der Waals surface area contributed by atoms with Gasteiger partial charge in [-0.25, -0.2) is 4.79 Å². The third-order valence-electron chi connectivity index (χ3n) is 4.64.